The summed E-state index contributed by atoms with van der Waals surface area (Å²) in [6.07, 6.45) is 2.07. The first-order chi connectivity index (χ1) is 6.79. The van der Waals surface area contributed by atoms with E-state index in [2.05, 4.69) is 13.0 Å². The maximum Gasteiger partial charge on any atom is 0.116 e. The molecule has 14 heavy (non-hydrogen) atoms. The summed E-state index contributed by atoms with van der Waals surface area (Å²) in [5.74, 6) is 0. The minimum Gasteiger partial charge on any atom is -0.378 e. The summed E-state index contributed by atoms with van der Waals surface area (Å²) >= 11 is 0. The lowest BCUT2D eigenvalue weighted by molar-refractivity contribution is 0.0252. The number of ether oxygens (including phenoxy) is 2. The minimum atomic E-state index is -0.128. The van der Waals surface area contributed by atoms with Crippen molar-refractivity contribution in [2.75, 3.05) is 19.8 Å². The molecule has 1 atom stereocenters. The fourth-order valence-corrected chi connectivity index (χ4v) is 1.40. The summed E-state index contributed by atoms with van der Waals surface area (Å²) in [5.41, 5.74) is 1.79. The Morgan fingerprint density at radius 2 is 2.43 bits per heavy atom. The zero-order valence-corrected chi connectivity index (χ0v) is 8.88. The van der Waals surface area contributed by atoms with Gasteiger partial charge in [-0.25, -0.2) is 0 Å². The van der Waals surface area contributed by atoms with Crippen molar-refractivity contribution in [1.29, 1.82) is 5.26 Å². The third kappa shape index (κ3) is 2.83. The summed E-state index contributed by atoms with van der Waals surface area (Å²) in [6, 6.07) is 2.18. The van der Waals surface area contributed by atoms with Crippen LogP contribution in [0, 0.1) is 11.3 Å². The van der Waals surface area contributed by atoms with Crippen molar-refractivity contribution in [2.45, 2.75) is 32.8 Å². The van der Waals surface area contributed by atoms with E-state index in [0.29, 0.717) is 13.2 Å². The predicted octanol–water partition coefficient (Wildman–Crippen LogP) is 2.04. The van der Waals surface area contributed by atoms with E-state index in [0.717, 1.165) is 30.6 Å². The Morgan fingerprint density at radius 3 is 3.07 bits per heavy atom. The predicted molar refractivity (Wildman–Crippen MR) is 53.8 cm³/mol. The highest BCUT2D eigenvalue weighted by atomic mass is 16.5. The fourth-order valence-electron chi connectivity index (χ4n) is 1.40. The van der Waals surface area contributed by atoms with Crippen molar-refractivity contribution in [2.24, 2.45) is 0 Å². The Hall–Kier alpha value is -0.850. The van der Waals surface area contributed by atoms with Gasteiger partial charge < -0.3 is 9.47 Å². The van der Waals surface area contributed by atoms with E-state index in [4.69, 9.17) is 14.7 Å². The molecule has 1 unspecified atom stereocenters. The second-order valence-corrected chi connectivity index (χ2v) is 3.53. The van der Waals surface area contributed by atoms with Crippen LogP contribution in [0.3, 0.4) is 0 Å². The third-order valence-electron chi connectivity index (χ3n) is 2.31. The van der Waals surface area contributed by atoms with Crippen molar-refractivity contribution < 1.29 is 9.47 Å². The highest BCUT2D eigenvalue weighted by Crippen LogP contribution is 2.20. The van der Waals surface area contributed by atoms with Crippen LogP contribution in [0.1, 0.15) is 26.7 Å². The van der Waals surface area contributed by atoms with Crippen molar-refractivity contribution in [3.8, 4) is 6.07 Å². The second kappa shape index (κ2) is 5.79. The molecule has 0 bridgehead atoms. The summed E-state index contributed by atoms with van der Waals surface area (Å²) in [7, 11) is 0. The second-order valence-electron chi connectivity index (χ2n) is 3.53. The van der Waals surface area contributed by atoms with Gasteiger partial charge in [-0.3, -0.25) is 0 Å². The Bertz CT molecular complexity index is 253. The first kappa shape index (κ1) is 11.2. The lowest BCUT2D eigenvalue weighted by atomic mass is 10.1. The molecule has 1 rings (SSSR count). The molecule has 0 aliphatic carbocycles. The lowest BCUT2D eigenvalue weighted by Gasteiger charge is -2.10. The monoisotopic (exact) mass is 195 g/mol. The number of nitrogens with zero attached hydrogens (tertiary/aromatic N) is 1. The molecule has 0 spiro atoms. The molecule has 3 nitrogen and oxygen atoms in total. The average molecular weight is 195 g/mol. The maximum atomic E-state index is 8.87. The van der Waals surface area contributed by atoms with Gasteiger partial charge in [0.15, 0.2) is 0 Å². The van der Waals surface area contributed by atoms with Crippen molar-refractivity contribution in [3.63, 3.8) is 0 Å². The van der Waals surface area contributed by atoms with E-state index < -0.39 is 0 Å². The molecule has 0 saturated carbocycles. The third-order valence-corrected chi connectivity index (χ3v) is 2.31. The van der Waals surface area contributed by atoms with Gasteiger partial charge in [0, 0.05) is 6.61 Å². The summed E-state index contributed by atoms with van der Waals surface area (Å²) in [4.78, 5) is 0. The summed E-state index contributed by atoms with van der Waals surface area (Å²) < 4.78 is 10.9. The van der Waals surface area contributed by atoms with E-state index in [-0.39, 0.29) is 6.10 Å². The van der Waals surface area contributed by atoms with Crippen LogP contribution in [0.25, 0.3) is 0 Å². The first-order valence-corrected chi connectivity index (χ1v) is 5.08. The van der Waals surface area contributed by atoms with Crippen LogP contribution >= 0.6 is 0 Å². The van der Waals surface area contributed by atoms with E-state index >= 15 is 0 Å². The van der Waals surface area contributed by atoms with E-state index in [1.807, 2.05) is 6.92 Å². The number of hydrogen-bond donors (Lipinski definition) is 0. The molecule has 0 radical (unpaired) electrons. The first-order valence-electron chi connectivity index (χ1n) is 5.08. The van der Waals surface area contributed by atoms with Gasteiger partial charge in [0.1, 0.15) is 6.10 Å². The van der Waals surface area contributed by atoms with E-state index in [9.17, 15) is 0 Å². The van der Waals surface area contributed by atoms with Gasteiger partial charge in [0.25, 0.3) is 0 Å². The zero-order chi connectivity index (χ0) is 10.4. The van der Waals surface area contributed by atoms with Crippen LogP contribution in [0.5, 0.6) is 0 Å². The Labute approximate surface area is 85.3 Å². The molecule has 0 aromatic heterocycles. The fraction of sp³-hybridized carbons (Fsp3) is 0.727. The van der Waals surface area contributed by atoms with Gasteiger partial charge in [-0.05, 0) is 18.9 Å². The smallest absolute Gasteiger partial charge is 0.116 e. The van der Waals surface area contributed by atoms with Crippen molar-refractivity contribution in [3.05, 3.63) is 11.1 Å². The molecule has 0 aromatic carbocycles. The lowest BCUT2D eigenvalue weighted by Crippen LogP contribution is -2.17. The number of unbranched alkanes of at least 4 members (excludes halogenated alkanes) is 1. The summed E-state index contributed by atoms with van der Waals surface area (Å²) in [5, 5.41) is 8.87. The number of rotatable bonds is 5. The van der Waals surface area contributed by atoms with Crippen LogP contribution in [-0.4, -0.2) is 25.9 Å². The highest BCUT2D eigenvalue weighted by molar-refractivity contribution is 5.34. The molecule has 1 heterocycles. The maximum absolute atomic E-state index is 8.87. The quantitative estimate of drug-likeness (QED) is 0.630. The van der Waals surface area contributed by atoms with Gasteiger partial charge >= 0.3 is 0 Å². The van der Waals surface area contributed by atoms with Gasteiger partial charge in [0.05, 0.1) is 24.9 Å². The molecule has 0 amide bonds. The van der Waals surface area contributed by atoms with Crippen molar-refractivity contribution in [1.82, 2.24) is 0 Å². The number of nitriles is 1. The number of hydrogen-bond acceptors (Lipinski definition) is 3. The molecule has 0 N–H and O–H groups in total. The minimum absolute atomic E-state index is 0.128. The zero-order valence-electron chi connectivity index (χ0n) is 8.88. The molecule has 0 saturated heterocycles. The van der Waals surface area contributed by atoms with Crippen molar-refractivity contribution >= 4 is 0 Å². The van der Waals surface area contributed by atoms with Crippen LogP contribution in [-0.2, 0) is 9.47 Å². The van der Waals surface area contributed by atoms with E-state index in [1.54, 1.807) is 0 Å². The van der Waals surface area contributed by atoms with Gasteiger partial charge in [-0.1, -0.05) is 13.3 Å². The Morgan fingerprint density at radius 1 is 1.64 bits per heavy atom. The van der Waals surface area contributed by atoms with Gasteiger partial charge in [-0.15, -0.1) is 0 Å². The Balaban J connectivity index is 2.30. The molecule has 3 heteroatoms. The standard InChI is InChI=1S/C11H17NO2/c1-3-4-5-13-8-11-10(6-12)9(2)7-14-11/h11H,3-5,7-8H2,1-2H3. The normalized spacial score (nSPS) is 21.4. The average Bonchev–Trinajstić information content (AvgIpc) is 2.54. The molecule has 1 aliphatic heterocycles. The van der Waals surface area contributed by atoms with Crippen LogP contribution < -0.4 is 0 Å². The molecule has 1 aliphatic rings. The summed E-state index contributed by atoms with van der Waals surface area (Å²) in [6.45, 7) is 5.91. The van der Waals surface area contributed by atoms with Gasteiger partial charge in [-0.2, -0.15) is 5.26 Å². The SMILES string of the molecule is CCCCOCC1OCC(C)=C1C#N. The van der Waals surface area contributed by atoms with Crippen LogP contribution in [0.4, 0.5) is 0 Å². The Kier molecular flexibility index (Phi) is 4.64. The van der Waals surface area contributed by atoms with Gasteiger partial charge in [0.2, 0.25) is 0 Å². The topological polar surface area (TPSA) is 42.2 Å². The van der Waals surface area contributed by atoms with Crippen LogP contribution in [0.15, 0.2) is 11.1 Å². The molecule has 0 fully saturated rings. The molecule has 78 valence electrons. The van der Waals surface area contributed by atoms with Crippen LogP contribution in [0.2, 0.25) is 0 Å². The molecular weight excluding hydrogens is 178 g/mol. The molecule has 0 aromatic rings. The molecular formula is C11H17NO2. The largest absolute Gasteiger partial charge is 0.378 e. The van der Waals surface area contributed by atoms with E-state index in [1.165, 1.54) is 0 Å². The highest BCUT2D eigenvalue weighted by Gasteiger charge is 2.23.